The smallest absolute Gasteiger partial charge is 0.248 e. The quantitative estimate of drug-likeness (QED) is 0.220. The Hall–Kier alpha value is -2.26. The van der Waals surface area contributed by atoms with Gasteiger partial charge in [0.2, 0.25) is 17.7 Å². The molecule has 0 saturated heterocycles. The van der Waals surface area contributed by atoms with Crippen molar-refractivity contribution in [3.05, 3.63) is 12.2 Å². The number of carbonyl (C=O) groups excluding carboxylic acids is 4. The lowest BCUT2D eigenvalue weighted by molar-refractivity contribution is -0.137. The summed E-state index contributed by atoms with van der Waals surface area (Å²) in [7, 11) is 1.68. The minimum absolute atomic E-state index is 0.0608. The maximum absolute atomic E-state index is 12.4. The molecule has 0 aliphatic carbocycles. The molecule has 33 heavy (non-hydrogen) atoms. The Bertz CT molecular complexity index is 638. The van der Waals surface area contributed by atoms with Crippen LogP contribution in [-0.4, -0.2) is 81.0 Å². The zero-order chi connectivity index (χ0) is 25.2. The maximum Gasteiger partial charge on any atom is 0.248 e. The van der Waals surface area contributed by atoms with Crippen LogP contribution in [0.25, 0.3) is 0 Å². The van der Waals surface area contributed by atoms with Gasteiger partial charge in [0.15, 0.2) is 0 Å². The number of Topliss-reactive ketones (excluding diaryl/α,β-unsaturated/α-hetero) is 1. The summed E-state index contributed by atoms with van der Waals surface area (Å²) in [6.45, 7) is 12.7. The number of carbonyl (C=O) groups is 4. The summed E-state index contributed by atoms with van der Waals surface area (Å²) in [6, 6.07) is -0.253. The molecule has 0 aliphatic rings. The molecule has 0 fully saturated rings. The van der Waals surface area contributed by atoms with Gasteiger partial charge in [0.25, 0.3) is 0 Å². The van der Waals surface area contributed by atoms with Gasteiger partial charge in [0.05, 0.1) is 25.9 Å². The first-order chi connectivity index (χ1) is 15.6. The van der Waals surface area contributed by atoms with Gasteiger partial charge in [-0.05, 0) is 33.1 Å². The second-order valence-corrected chi connectivity index (χ2v) is 8.41. The van der Waals surface area contributed by atoms with E-state index in [-0.39, 0.29) is 48.7 Å². The summed E-state index contributed by atoms with van der Waals surface area (Å²) in [6.07, 6.45) is 3.34. The van der Waals surface area contributed by atoms with Gasteiger partial charge in [-0.3, -0.25) is 19.2 Å². The summed E-state index contributed by atoms with van der Waals surface area (Å²) in [5.74, 6) is -0.0999. The summed E-state index contributed by atoms with van der Waals surface area (Å²) >= 11 is 0. The highest BCUT2D eigenvalue weighted by atomic mass is 16.5. The van der Waals surface area contributed by atoms with Gasteiger partial charge in [0.1, 0.15) is 12.4 Å². The third-order valence-electron chi connectivity index (χ3n) is 5.37. The Morgan fingerprint density at radius 1 is 0.909 bits per heavy atom. The van der Waals surface area contributed by atoms with Gasteiger partial charge in [-0.1, -0.05) is 25.5 Å². The van der Waals surface area contributed by atoms with E-state index in [1.54, 1.807) is 18.9 Å². The van der Waals surface area contributed by atoms with Crippen molar-refractivity contribution < 1.29 is 28.7 Å². The molecule has 2 N–H and O–H groups in total. The molecule has 0 rings (SSSR count). The van der Waals surface area contributed by atoms with Crippen molar-refractivity contribution in [3.8, 4) is 0 Å². The van der Waals surface area contributed by atoms with Crippen LogP contribution in [0.2, 0.25) is 0 Å². The first-order valence-corrected chi connectivity index (χ1v) is 11.6. The SMILES string of the molecule is C=C(C)C(CCC(=O)NCCCCC(C)C(C)=O)N(C)C(=O)COCCOCCNC(C)=O. The van der Waals surface area contributed by atoms with Crippen molar-refractivity contribution in [1.29, 1.82) is 0 Å². The Morgan fingerprint density at radius 2 is 1.58 bits per heavy atom. The summed E-state index contributed by atoms with van der Waals surface area (Å²) in [5, 5.41) is 5.52. The molecule has 0 aromatic rings. The molecule has 190 valence electrons. The van der Waals surface area contributed by atoms with Crippen LogP contribution >= 0.6 is 0 Å². The molecule has 0 radical (unpaired) electrons. The van der Waals surface area contributed by atoms with Crippen LogP contribution in [0.15, 0.2) is 12.2 Å². The van der Waals surface area contributed by atoms with E-state index in [2.05, 4.69) is 17.2 Å². The lowest BCUT2D eigenvalue weighted by Crippen LogP contribution is -2.40. The monoisotopic (exact) mass is 469 g/mol. The lowest BCUT2D eigenvalue weighted by atomic mass is 10.0. The van der Waals surface area contributed by atoms with E-state index in [1.165, 1.54) is 6.92 Å². The Labute approximate surface area is 198 Å². The molecule has 0 spiro atoms. The molecule has 0 bridgehead atoms. The molecule has 2 unspecified atom stereocenters. The van der Waals surface area contributed by atoms with Crippen molar-refractivity contribution in [2.24, 2.45) is 5.92 Å². The average Bonchev–Trinajstić information content (AvgIpc) is 2.74. The molecule has 0 aromatic carbocycles. The van der Waals surface area contributed by atoms with Crippen molar-refractivity contribution >= 4 is 23.5 Å². The Balaban J connectivity index is 4.11. The molecule has 0 aliphatic heterocycles. The number of nitrogens with one attached hydrogen (secondary N) is 2. The minimum Gasteiger partial charge on any atom is -0.377 e. The second kappa shape index (κ2) is 18.2. The molecule has 0 aromatic heterocycles. The molecule has 0 saturated carbocycles. The van der Waals surface area contributed by atoms with Crippen LogP contribution in [0, 0.1) is 5.92 Å². The van der Waals surface area contributed by atoms with Gasteiger partial charge in [-0.25, -0.2) is 0 Å². The van der Waals surface area contributed by atoms with E-state index < -0.39 is 0 Å². The van der Waals surface area contributed by atoms with Crippen molar-refractivity contribution in [2.75, 3.05) is 46.6 Å². The predicted molar refractivity (Wildman–Crippen MR) is 128 cm³/mol. The standard InChI is InChI=1S/C24H43N3O6/c1-18(2)22(10-11-23(30)26-12-8-7-9-19(3)20(4)28)27(6)24(31)17-33-16-15-32-14-13-25-21(5)29/h19,22H,1,7-17H2,2-6H3,(H,25,29)(H,26,30). The third-order valence-corrected chi connectivity index (χ3v) is 5.37. The fraction of sp³-hybridized carbons (Fsp3) is 0.750. The van der Waals surface area contributed by atoms with Crippen LogP contribution < -0.4 is 10.6 Å². The number of amides is 3. The van der Waals surface area contributed by atoms with Gasteiger partial charge < -0.3 is 25.0 Å². The maximum atomic E-state index is 12.4. The van der Waals surface area contributed by atoms with Gasteiger partial charge in [-0.2, -0.15) is 0 Å². The largest absolute Gasteiger partial charge is 0.377 e. The third kappa shape index (κ3) is 16.1. The fourth-order valence-electron chi connectivity index (χ4n) is 3.09. The van der Waals surface area contributed by atoms with E-state index in [1.807, 2.05) is 13.8 Å². The van der Waals surface area contributed by atoms with Gasteiger partial charge >= 0.3 is 0 Å². The minimum atomic E-state index is -0.253. The fourth-order valence-corrected chi connectivity index (χ4v) is 3.09. The van der Waals surface area contributed by atoms with Crippen LogP contribution in [0.3, 0.4) is 0 Å². The Kier molecular flexibility index (Phi) is 17.0. The first kappa shape index (κ1) is 30.7. The zero-order valence-corrected chi connectivity index (χ0v) is 21.0. The highest BCUT2D eigenvalue weighted by Gasteiger charge is 2.21. The lowest BCUT2D eigenvalue weighted by Gasteiger charge is -2.28. The molecule has 9 nitrogen and oxygen atoms in total. The molecular weight excluding hydrogens is 426 g/mol. The van der Waals surface area contributed by atoms with Crippen LogP contribution in [-0.2, 0) is 28.7 Å². The molecule has 2 atom stereocenters. The van der Waals surface area contributed by atoms with E-state index in [9.17, 15) is 19.2 Å². The number of ether oxygens (including phenoxy) is 2. The zero-order valence-electron chi connectivity index (χ0n) is 21.0. The predicted octanol–water partition coefficient (Wildman–Crippen LogP) is 1.85. The van der Waals surface area contributed by atoms with Crippen LogP contribution in [0.1, 0.15) is 59.8 Å². The first-order valence-electron chi connectivity index (χ1n) is 11.6. The molecule has 0 heterocycles. The molecule has 9 heteroatoms. The summed E-state index contributed by atoms with van der Waals surface area (Å²) in [4.78, 5) is 48.1. The van der Waals surface area contributed by atoms with E-state index in [4.69, 9.17) is 9.47 Å². The van der Waals surface area contributed by atoms with E-state index >= 15 is 0 Å². The number of likely N-dealkylation sites (N-methyl/N-ethyl adjacent to an activating group) is 1. The van der Waals surface area contributed by atoms with E-state index in [0.717, 1.165) is 24.8 Å². The number of nitrogens with zero attached hydrogens (tertiary/aromatic N) is 1. The van der Waals surface area contributed by atoms with Gasteiger partial charge in [0, 0.05) is 39.4 Å². The average molecular weight is 470 g/mol. The molecular formula is C24H43N3O6. The Morgan fingerprint density at radius 3 is 2.18 bits per heavy atom. The number of unbranched alkanes of at least 4 members (excludes halogenated alkanes) is 1. The number of hydrogen-bond donors (Lipinski definition) is 2. The number of ketones is 1. The van der Waals surface area contributed by atoms with Crippen LogP contribution in [0.5, 0.6) is 0 Å². The molecule has 3 amide bonds. The van der Waals surface area contributed by atoms with Crippen LogP contribution in [0.4, 0.5) is 0 Å². The number of hydrogen-bond acceptors (Lipinski definition) is 6. The van der Waals surface area contributed by atoms with Crippen molar-refractivity contribution in [1.82, 2.24) is 15.5 Å². The second-order valence-electron chi connectivity index (χ2n) is 8.41. The highest BCUT2D eigenvalue weighted by Crippen LogP contribution is 2.14. The summed E-state index contributed by atoms with van der Waals surface area (Å²) in [5.41, 5.74) is 0.804. The highest BCUT2D eigenvalue weighted by molar-refractivity contribution is 5.79. The van der Waals surface area contributed by atoms with Crippen molar-refractivity contribution in [3.63, 3.8) is 0 Å². The topological polar surface area (TPSA) is 114 Å². The number of rotatable bonds is 19. The van der Waals surface area contributed by atoms with E-state index in [0.29, 0.717) is 39.1 Å². The van der Waals surface area contributed by atoms with Crippen molar-refractivity contribution in [2.45, 2.75) is 65.8 Å². The van der Waals surface area contributed by atoms with Gasteiger partial charge in [-0.15, -0.1) is 0 Å². The normalized spacial score (nSPS) is 12.5. The summed E-state index contributed by atoms with van der Waals surface area (Å²) < 4.78 is 10.7.